The van der Waals surface area contributed by atoms with Gasteiger partial charge in [-0.15, -0.1) is 0 Å². The molecule has 0 rings (SSSR count). The molecular weight excluding hydrogens is 284 g/mol. The van der Waals surface area contributed by atoms with Crippen LogP contribution >= 0.6 is 0 Å². The third-order valence-corrected chi connectivity index (χ3v) is 7.09. The molecule has 0 aromatic rings. The molecule has 114 valence electrons. The Morgan fingerprint density at radius 1 is 0.667 bits per heavy atom. The van der Waals surface area contributed by atoms with Gasteiger partial charge in [0.2, 0.25) is 0 Å². The van der Waals surface area contributed by atoms with Crippen LogP contribution in [0.2, 0.25) is 18.1 Å². The molecule has 0 fully saturated rings. The fourth-order valence-corrected chi connectivity index (χ4v) is 7.59. The van der Waals surface area contributed by atoms with E-state index in [9.17, 15) is 4.80 Å². The first-order chi connectivity index (χ1) is 6.25. The van der Waals surface area contributed by atoms with E-state index in [0.29, 0.717) is 17.8 Å². The summed E-state index contributed by atoms with van der Waals surface area (Å²) < 4.78 is 0. The fraction of sp³-hybridized carbons (Fsp3) is 1.00. The van der Waals surface area contributed by atoms with Crippen LogP contribution in [0.4, 0.5) is 0 Å². The normalized spacial score (nSPS) is 10.3. The third kappa shape index (κ3) is 16.8. The Labute approximate surface area is 129 Å². The summed E-state index contributed by atoms with van der Waals surface area (Å²) >= 11 is 0. The Kier molecular flexibility index (Phi) is 24.6. The van der Waals surface area contributed by atoms with E-state index < -0.39 is 8.32 Å². The molecule has 0 aliphatic heterocycles. The minimum atomic E-state index is -1.94. The average molecular weight is 318 g/mol. The molecule has 0 aromatic heterocycles. The van der Waals surface area contributed by atoms with Gasteiger partial charge in [-0.25, -0.2) is 0 Å². The summed E-state index contributed by atoms with van der Waals surface area (Å²) in [5.41, 5.74) is 0. The smallest absolute Gasteiger partial charge is 0.189 e. The Bertz CT molecular complexity index is 140. The summed E-state index contributed by atoms with van der Waals surface area (Å²) in [6, 6.07) is 3.22. The van der Waals surface area contributed by atoms with Crippen LogP contribution in [0.25, 0.3) is 0 Å². The van der Waals surface area contributed by atoms with Crippen molar-refractivity contribution in [3.05, 3.63) is 0 Å². The maximum Gasteiger partial charge on any atom is 0.189 e. The minimum absolute atomic E-state index is 0. The Hall–Kier alpha value is 0.771. The first-order valence-corrected chi connectivity index (χ1v) is 8.54. The second kappa shape index (κ2) is 14.2. The molecule has 6 heteroatoms. The SMILES string of the molecule is CC(C)C[Si](O)(CC(C)C)CC(C)C.O.O.O.[Ti]. The van der Waals surface area contributed by atoms with Gasteiger partial charge in [-0.05, 0) is 35.9 Å². The average Bonchev–Trinajstić information content (AvgIpc) is 1.76. The van der Waals surface area contributed by atoms with Crippen LogP contribution in [0.1, 0.15) is 41.5 Å². The van der Waals surface area contributed by atoms with Gasteiger partial charge in [-0.1, -0.05) is 41.5 Å². The van der Waals surface area contributed by atoms with Gasteiger partial charge in [0.15, 0.2) is 8.32 Å². The van der Waals surface area contributed by atoms with Crippen molar-refractivity contribution >= 4 is 8.32 Å². The second-order valence-corrected chi connectivity index (χ2v) is 9.69. The Balaban J connectivity index is -0.000000141. The van der Waals surface area contributed by atoms with Crippen molar-refractivity contribution in [2.45, 2.75) is 59.7 Å². The third-order valence-electron chi connectivity index (χ3n) is 2.36. The van der Waals surface area contributed by atoms with Gasteiger partial charge in [-0.3, -0.25) is 0 Å². The molecule has 4 nitrogen and oxygen atoms in total. The number of rotatable bonds is 6. The van der Waals surface area contributed by atoms with E-state index in [1.807, 2.05) is 0 Å². The topological polar surface area (TPSA) is 115 Å². The predicted molar refractivity (Wildman–Crippen MR) is 77.7 cm³/mol. The van der Waals surface area contributed by atoms with Crippen molar-refractivity contribution in [1.82, 2.24) is 0 Å². The van der Waals surface area contributed by atoms with E-state index in [1.165, 1.54) is 0 Å². The molecule has 0 atom stereocenters. The van der Waals surface area contributed by atoms with Crippen LogP contribution in [-0.4, -0.2) is 29.5 Å². The van der Waals surface area contributed by atoms with Gasteiger partial charge in [0.1, 0.15) is 0 Å². The van der Waals surface area contributed by atoms with Crippen LogP contribution in [0.5, 0.6) is 0 Å². The summed E-state index contributed by atoms with van der Waals surface area (Å²) in [4.78, 5) is 10.7. The Morgan fingerprint density at radius 3 is 0.944 bits per heavy atom. The van der Waals surface area contributed by atoms with E-state index in [0.717, 1.165) is 18.1 Å². The number of hydrogen-bond donors (Lipinski definition) is 1. The number of hydrogen-bond acceptors (Lipinski definition) is 1. The molecule has 0 aromatic carbocycles. The first kappa shape index (κ1) is 31.3. The molecule has 0 unspecified atom stereocenters. The van der Waals surface area contributed by atoms with E-state index >= 15 is 0 Å². The summed E-state index contributed by atoms with van der Waals surface area (Å²) in [7, 11) is -1.94. The molecule has 0 heterocycles. The quantitative estimate of drug-likeness (QED) is 0.733. The second-order valence-electron chi connectivity index (χ2n) is 6.02. The largest absolute Gasteiger partial charge is 0.432 e. The van der Waals surface area contributed by atoms with Gasteiger partial charge >= 0.3 is 0 Å². The van der Waals surface area contributed by atoms with Gasteiger partial charge in [0, 0.05) is 21.7 Å². The standard InChI is InChI=1S/C12H28OSi.3H2O.Ti/c1-10(2)7-14(13,8-11(3)4)9-12(5)6;;;;/h10-13H,7-9H2,1-6H3;3*1H2;. The summed E-state index contributed by atoms with van der Waals surface area (Å²) in [6.45, 7) is 13.3. The maximum absolute atomic E-state index is 10.7. The predicted octanol–water partition coefficient (Wildman–Crippen LogP) is 1.42. The molecule has 0 aliphatic rings. The summed E-state index contributed by atoms with van der Waals surface area (Å²) in [6.07, 6.45) is 0. The molecule has 0 amide bonds. The minimum Gasteiger partial charge on any atom is -0.432 e. The zero-order valence-electron chi connectivity index (χ0n) is 12.8. The molecule has 0 radical (unpaired) electrons. The molecule has 0 saturated carbocycles. The summed E-state index contributed by atoms with van der Waals surface area (Å²) in [5, 5.41) is 0. The molecule has 0 saturated heterocycles. The van der Waals surface area contributed by atoms with Crippen molar-refractivity contribution in [2.24, 2.45) is 17.8 Å². The van der Waals surface area contributed by atoms with Gasteiger partial charge in [0.25, 0.3) is 0 Å². The zero-order chi connectivity index (χ0) is 11.4. The monoisotopic (exact) mass is 318 g/mol. The maximum atomic E-state index is 10.7. The van der Waals surface area contributed by atoms with Crippen molar-refractivity contribution < 1.29 is 42.9 Å². The van der Waals surface area contributed by atoms with Crippen molar-refractivity contribution in [2.75, 3.05) is 0 Å². The van der Waals surface area contributed by atoms with Crippen LogP contribution in [0.3, 0.4) is 0 Å². The fourth-order valence-electron chi connectivity index (χ4n) is 2.53. The molecular formula is C12H34O4SiTi. The van der Waals surface area contributed by atoms with E-state index in [2.05, 4.69) is 41.5 Å². The van der Waals surface area contributed by atoms with Crippen molar-refractivity contribution in [3.63, 3.8) is 0 Å². The van der Waals surface area contributed by atoms with E-state index in [4.69, 9.17) is 0 Å². The van der Waals surface area contributed by atoms with Crippen molar-refractivity contribution in [1.29, 1.82) is 0 Å². The summed E-state index contributed by atoms with van der Waals surface area (Å²) in [5.74, 6) is 1.93. The van der Waals surface area contributed by atoms with Crippen LogP contribution in [-0.2, 0) is 21.7 Å². The first-order valence-electron chi connectivity index (χ1n) is 5.97. The van der Waals surface area contributed by atoms with Gasteiger partial charge in [-0.2, -0.15) is 0 Å². The van der Waals surface area contributed by atoms with Crippen LogP contribution in [0.15, 0.2) is 0 Å². The molecule has 18 heavy (non-hydrogen) atoms. The molecule has 0 spiro atoms. The van der Waals surface area contributed by atoms with Gasteiger partial charge < -0.3 is 21.2 Å². The zero-order valence-corrected chi connectivity index (χ0v) is 15.4. The molecule has 0 bridgehead atoms. The van der Waals surface area contributed by atoms with Crippen LogP contribution in [0, 0.1) is 17.8 Å². The molecule has 0 aliphatic carbocycles. The van der Waals surface area contributed by atoms with Crippen LogP contribution < -0.4 is 0 Å². The Morgan fingerprint density at radius 2 is 0.833 bits per heavy atom. The molecule has 7 N–H and O–H groups in total. The van der Waals surface area contributed by atoms with Crippen molar-refractivity contribution in [3.8, 4) is 0 Å². The van der Waals surface area contributed by atoms with E-state index in [-0.39, 0.29) is 38.1 Å². The van der Waals surface area contributed by atoms with E-state index in [1.54, 1.807) is 0 Å². The van der Waals surface area contributed by atoms with Gasteiger partial charge in [0.05, 0.1) is 0 Å².